The summed E-state index contributed by atoms with van der Waals surface area (Å²) in [6.45, 7) is 3.14. The van der Waals surface area contributed by atoms with E-state index in [0.717, 1.165) is 33.3 Å². The number of methoxy groups -OCH3 is 1. The normalized spacial score (nSPS) is 14.9. The van der Waals surface area contributed by atoms with Crippen LogP contribution in [0.25, 0.3) is 10.9 Å². The van der Waals surface area contributed by atoms with Crippen LogP contribution in [0.4, 0.5) is 0 Å². The monoisotopic (exact) mass is 406 g/mol. The lowest BCUT2D eigenvalue weighted by atomic mass is 9.95. The summed E-state index contributed by atoms with van der Waals surface area (Å²) in [5.74, 6) is -0.0828. The van der Waals surface area contributed by atoms with Gasteiger partial charge in [0.25, 0.3) is 0 Å². The maximum atomic E-state index is 12.4. The van der Waals surface area contributed by atoms with Crippen molar-refractivity contribution in [1.82, 2.24) is 9.88 Å². The number of carboxylic acid groups (broad SMARTS) is 1. The van der Waals surface area contributed by atoms with Crippen LogP contribution >= 0.6 is 0 Å². The molecule has 1 saturated carbocycles. The molecule has 0 unspecified atom stereocenters. The van der Waals surface area contributed by atoms with E-state index in [2.05, 4.69) is 23.5 Å². The van der Waals surface area contributed by atoms with E-state index in [1.54, 1.807) is 7.11 Å². The van der Waals surface area contributed by atoms with Gasteiger partial charge >= 0.3 is 5.97 Å². The summed E-state index contributed by atoms with van der Waals surface area (Å²) in [5, 5.41) is 14.8. The number of nitrogens with one attached hydrogen (secondary N) is 1. The van der Waals surface area contributed by atoms with Crippen molar-refractivity contribution in [2.45, 2.75) is 58.2 Å². The molecule has 5 heteroatoms. The Kier molecular flexibility index (Phi) is 6.09. The summed E-state index contributed by atoms with van der Waals surface area (Å²) >= 11 is 0. The van der Waals surface area contributed by atoms with E-state index in [0.29, 0.717) is 24.8 Å². The van der Waals surface area contributed by atoms with Crippen LogP contribution in [0.5, 0.6) is 5.75 Å². The van der Waals surface area contributed by atoms with Gasteiger partial charge in [0.05, 0.1) is 7.11 Å². The lowest BCUT2D eigenvalue weighted by Gasteiger charge is -2.23. The summed E-state index contributed by atoms with van der Waals surface area (Å²) in [6.07, 6.45) is 6.15. The average molecular weight is 407 g/mol. The number of hydrogen-bond acceptors (Lipinski definition) is 3. The second-order valence-electron chi connectivity index (χ2n) is 8.30. The van der Waals surface area contributed by atoms with Crippen molar-refractivity contribution in [3.05, 3.63) is 64.8 Å². The van der Waals surface area contributed by atoms with Gasteiger partial charge in [-0.2, -0.15) is 0 Å². The molecule has 0 amide bonds. The minimum Gasteiger partial charge on any atom is -0.497 e. The molecule has 1 aliphatic carbocycles. The Bertz CT molecular complexity index is 1030. The zero-order valence-corrected chi connectivity index (χ0v) is 17.8. The average Bonchev–Trinajstić information content (AvgIpc) is 3.06. The Morgan fingerprint density at radius 1 is 1.13 bits per heavy atom. The predicted molar refractivity (Wildman–Crippen MR) is 119 cm³/mol. The Morgan fingerprint density at radius 2 is 1.87 bits per heavy atom. The SMILES string of the molecule is COc1ccc(Cn2c(C(=O)O)c(CNC3CCCCC3)c3ccc(C)cc32)cc1. The first-order valence-electron chi connectivity index (χ1n) is 10.8. The third kappa shape index (κ3) is 4.21. The van der Waals surface area contributed by atoms with Gasteiger partial charge in [-0.1, -0.05) is 43.5 Å². The minimum absolute atomic E-state index is 0.384. The number of carbonyl (C=O) groups is 1. The Labute approximate surface area is 177 Å². The maximum absolute atomic E-state index is 12.4. The van der Waals surface area contributed by atoms with E-state index in [1.165, 1.54) is 32.1 Å². The fraction of sp³-hybridized carbons (Fsp3) is 0.400. The van der Waals surface area contributed by atoms with Crippen LogP contribution in [0, 0.1) is 6.92 Å². The summed E-state index contributed by atoms with van der Waals surface area (Å²) in [5.41, 5.74) is 4.41. The maximum Gasteiger partial charge on any atom is 0.352 e. The molecule has 5 nitrogen and oxygen atoms in total. The second-order valence-corrected chi connectivity index (χ2v) is 8.30. The number of fused-ring (bicyclic) bond motifs is 1. The number of hydrogen-bond donors (Lipinski definition) is 2. The molecule has 1 aliphatic rings. The number of aromatic nitrogens is 1. The van der Waals surface area contributed by atoms with E-state index >= 15 is 0 Å². The van der Waals surface area contributed by atoms with Gasteiger partial charge in [0.2, 0.25) is 0 Å². The highest BCUT2D eigenvalue weighted by atomic mass is 16.5. The van der Waals surface area contributed by atoms with Crippen molar-refractivity contribution in [3.8, 4) is 5.75 Å². The summed E-state index contributed by atoms with van der Waals surface area (Å²) < 4.78 is 7.20. The first-order valence-corrected chi connectivity index (χ1v) is 10.8. The van der Waals surface area contributed by atoms with Crippen molar-refractivity contribution in [3.63, 3.8) is 0 Å². The number of aryl methyl sites for hydroxylation is 1. The van der Waals surface area contributed by atoms with Gasteiger partial charge in [-0.25, -0.2) is 4.79 Å². The lowest BCUT2D eigenvalue weighted by Crippen LogP contribution is -2.31. The lowest BCUT2D eigenvalue weighted by molar-refractivity contribution is 0.0684. The zero-order valence-electron chi connectivity index (χ0n) is 17.8. The molecule has 0 saturated heterocycles. The van der Waals surface area contributed by atoms with E-state index in [-0.39, 0.29) is 0 Å². The highest BCUT2D eigenvalue weighted by Gasteiger charge is 2.23. The van der Waals surface area contributed by atoms with E-state index in [1.807, 2.05) is 35.8 Å². The van der Waals surface area contributed by atoms with Gasteiger partial charge in [-0.3, -0.25) is 0 Å². The van der Waals surface area contributed by atoms with Gasteiger partial charge in [0.1, 0.15) is 11.4 Å². The largest absolute Gasteiger partial charge is 0.497 e. The number of nitrogens with zero attached hydrogens (tertiary/aromatic N) is 1. The molecular weight excluding hydrogens is 376 g/mol. The number of rotatable bonds is 7. The Hall–Kier alpha value is -2.79. The summed E-state index contributed by atoms with van der Waals surface area (Å²) in [6, 6.07) is 14.5. The van der Waals surface area contributed by atoms with Gasteiger partial charge in [-0.05, 0) is 49.1 Å². The number of benzene rings is 2. The van der Waals surface area contributed by atoms with Crippen molar-refractivity contribution in [1.29, 1.82) is 0 Å². The van der Waals surface area contributed by atoms with Gasteiger partial charge in [0, 0.05) is 35.6 Å². The van der Waals surface area contributed by atoms with Gasteiger partial charge in [0.15, 0.2) is 0 Å². The van der Waals surface area contributed by atoms with Crippen molar-refractivity contribution >= 4 is 16.9 Å². The van der Waals surface area contributed by atoms with Gasteiger partial charge in [-0.15, -0.1) is 0 Å². The topological polar surface area (TPSA) is 63.5 Å². The minimum atomic E-state index is -0.877. The molecule has 30 heavy (non-hydrogen) atoms. The molecule has 1 fully saturated rings. The third-order valence-corrected chi connectivity index (χ3v) is 6.20. The van der Waals surface area contributed by atoms with E-state index in [4.69, 9.17) is 4.74 Å². The van der Waals surface area contributed by atoms with E-state index in [9.17, 15) is 9.90 Å². The highest BCUT2D eigenvalue weighted by molar-refractivity contribution is 5.98. The standard InChI is InChI=1S/C25H30N2O3/c1-17-8-13-21-22(15-26-19-6-4-3-5-7-19)24(25(28)29)27(23(21)14-17)16-18-9-11-20(30-2)12-10-18/h8-14,19,26H,3-7,15-16H2,1-2H3,(H,28,29). The summed E-state index contributed by atoms with van der Waals surface area (Å²) in [4.78, 5) is 12.4. The fourth-order valence-corrected chi connectivity index (χ4v) is 4.59. The molecule has 0 spiro atoms. The fourth-order valence-electron chi connectivity index (χ4n) is 4.59. The zero-order chi connectivity index (χ0) is 21.1. The first kappa shape index (κ1) is 20.5. The first-order chi connectivity index (χ1) is 14.6. The molecule has 1 heterocycles. The molecule has 4 rings (SSSR count). The number of ether oxygens (including phenoxy) is 1. The molecule has 0 radical (unpaired) electrons. The van der Waals surface area contributed by atoms with Crippen molar-refractivity contribution < 1.29 is 14.6 Å². The third-order valence-electron chi connectivity index (χ3n) is 6.20. The van der Waals surface area contributed by atoms with Crippen LogP contribution in [0.3, 0.4) is 0 Å². The molecule has 158 valence electrons. The number of carboxylic acids is 1. The second kappa shape index (κ2) is 8.92. The van der Waals surface area contributed by atoms with Crippen LogP contribution in [-0.4, -0.2) is 28.8 Å². The molecule has 0 atom stereocenters. The quantitative estimate of drug-likeness (QED) is 0.571. The molecule has 1 aromatic heterocycles. The molecule has 2 N–H and O–H groups in total. The van der Waals surface area contributed by atoms with Crippen molar-refractivity contribution in [2.75, 3.05) is 7.11 Å². The highest BCUT2D eigenvalue weighted by Crippen LogP contribution is 2.29. The molecule has 3 aromatic rings. The Morgan fingerprint density at radius 3 is 2.53 bits per heavy atom. The smallest absolute Gasteiger partial charge is 0.352 e. The van der Waals surface area contributed by atoms with Crippen LogP contribution in [0.15, 0.2) is 42.5 Å². The molecule has 2 aromatic carbocycles. The van der Waals surface area contributed by atoms with Crippen LogP contribution in [0.2, 0.25) is 0 Å². The van der Waals surface area contributed by atoms with Crippen LogP contribution < -0.4 is 10.1 Å². The Balaban J connectivity index is 1.74. The molecule has 0 bridgehead atoms. The van der Waals surface area contributed by atoms with Crippen LogP contribution in [-0.2, 0) is 13.1 Å². The molecular formula is C25H30N2O3. The van der Waals surface area contributed by atoms with E-state index < -0.39 is 5.97 Å². The van der Waals surface area contributed by atoms with Gasteiger partial charge < -0.3 is 19.7 Å². The number of aromatic carboxylic acids is 1. The predicted octanol–water partition coefficient (Wildman–Crippen LogP) is 5.13. The van der Waals surface area contributed by atoms with Crippen molar-refractivity contribution in [2.24, 2.45) is 0 Å². The molecule has 0 aliphatic heterocycles. The van der Waals surface area contributed by atoms with Crippen LogP contribution in [0.1, 0.15) is 59.3 Å². The summed E-state index contributed by atoms with van der Waals surface area (Å²) in [7, 11) is 1.64.